The van der Waals surface area contributed by atoms with E-state index in [-0.39, 0.29) is 24.1 Å². The lowest BCUT2D eigenvalue weighted by molar-refractivity contribution is -0.123. The fourth-order valence-corrected chi connectivity index (χ4v) is 3.59. The molecule has 3 heterocycles. The van der Waals surface area contributed by atoms with Gasteiger partial charge in [-0.2, -0.15) is 9.97 Å². The molecule has 0 aliphatic carbocycles. The maximum absolute atomic E-state index is 12.8. The van der Waals surface area contributed by atoms with Crippen molar-refractivity contribution in [3.8, 4) is 0 Å². The van der Waals surface area contributed by atoms with Crippen molar-refractivity contribution in [1.29, 1.82) is 0 Å². The van der Waals surface area contributed by atoms with Crippen LogP contribution in [0.15, 0.2) is 30.3 Å². The normalized spacial score (nSPS) is 19.2. The fraction of sp³-hybridized carbons (Fsp3) is 0.368. The number of nitrogens with zero attached hydrogens (tertiary/aromatic N) is 3. The summed E-state index contributed by atoms with van der Waals surface area (Å²) in [7, 11) is 0. The van der Waals surface area contributed by atoms with Crippen LogP contribution in [0.2, 0.25) is 0 Å². The van der Waals surface area contributed by atoms with Gasteiger partial charge in [-0.1, -0.05) is 18.2 Å². The highest BCUT2D eigenvalue weighted by molar-refractivity contribution is 6.05. The van der Waals surface area contributed by atoms with Crippen molar-refractivity contribution in [3.05, 3.63) is 35.9 Å². The third-order valence-electron chi connectivity index (χ3n) is 4.96. The van der Waals surface area contributed by atoms with E-state index in [0.29, 0.717) is 23.0 Å². The Morgan fingerprint density at radius 1 is 1.15 bits per heavy atom. The van der Waals surface area contributed by atoms with Gasteiger partial charge in [0.25, 0.3) is 0 Å². The second-order valence-corrected chi connectivity index (χ2v) is 6.88. The largest absolute Gasteiger partial charge is 0.383 e. The van der Waals surface area contributed by atoms with Crippen molar-refractivity contribution < 1.29 is 9.59 Å². The molecule has 1 aromatic carbocycles. The molecule has 8 nitrogen and oxygen atoms in total. The van der Waals surface area contributed by atoms with Crippen LogP contribution in [0.5, 0.6) is 0 Å². The highest BCUT2D eigenvalue weighted by atomic mass is 16.2. The van der Waals surface area contributed by atoms with Crippen LogP contribution in [0.1, 0.15) is 37.2 Å². The number of anilines is 4. The van der Waals surface area contributed by atoms with Gasteiger partial charge in [-0.3, -0.25) is 9.59 Å². The molecule has 0 radical (unpaired) electrons. The van der Waals surface area contributed by atoms with E-state index in [0.717, 1.165) is 25.9 Å². The molecule has 2 aliphatic rings. The number of carbonyl (C=O) groups is 2. The molecule has 1 aromatic heterocycles. The van der Waals surface area contributed by atoms with E-state index in [1.54, 1.807) is 12.1 Å². The molecular formula is C19H22N6O2. The first-order valence-electron chi connectivity index (χ1n) is 9.20. The van der Waals surface area contributed by atoms with Gasteiger partial charge in [0.05, 0.1) is 11.5 Å². The fourth-order valence-electron chi connectivity index (χ4n) is 3.59. The smallest absolute Gasteiger partial charge is 0.232 e. The number of nitrogens with two attached hydrogens (primary N) is 1. The van der Waals surface area contributed by atoms with Crippen LogP contribution in [0, 0.1) is 0 Å². The van der Waals surface area contributed by atoms with E-state index in [2.05, 4.69) is 25.5 Å². The summed E-state index contributed by atoms with van der Waals surface area (Å²) in [6.07, 6.45) is 3.36. The van der Waals surface area contributed by atoms with Crippen LogP contribution >= 0.6 is 0 Å². The van der Waals surface area contributed by atoms with Gasteiger partial charge in [-0.25, -0.2) is 0 Å². The molecule has 1 saturated heterocycles. The first-order chi connectivity index (χ1) is 13.1. The van der Waals surface area contributed by atoms with Crippen molar-refractivity contribution in [3.63, 3.8) is 0 Å². The lowest BCUT2D eigenvalue weighted by atomic mass is 9.92. The van der Waals surface area contributed by atoms with Gasteiger partial charge >= 0.3 is 0 Å². The number of para-hydroxylation sites is 1. The van der Waals surface area contributed by atoms with Gasteiger partial charge < -0.3 is 21.3 Å². The molecule has 0 saturated carbocycles. The minimum absolute atomic E-state index is 0.0162. The lowest BCUT2D eigenvalue weighted by Gasteiger charge is -2.30. The standard InChI is InChI=1S/C19H22N6O2/c20-16-15-13(18(27)21-12-7-3-1-4-8-12)11-14(26)22-17(15)24-19(23-16)25-9-5-2-6-10-25/h1,3-4,7-8,13H,2,5-6,9-11H2,(H,21,27)(H3,20,22,23,24,26). The summed E-state index contributed by atoms with van der Waals surface area (Å²) in [5.74, 6) is -0.169. The molecule has 140 valence electrons. The summed E-state index contributed by atoms with van der Waals surface area (Å²) in [6, 6.07) is 9.12. The van der Waals surface area contributed by atoms with Crippen LogP contribution in [0.25, 0.3) is 0 Å². The third-order valence-corrected chi connectivity index (χ3v) is 4.96. The maximum Gasteiger partial charge on any atom is 0.232 e. The molecule has 1 atom stereocenters. The molecule has 1 fully saturated rings. The Balaban J connectivity index is 1.64. The van der Waals surface area contributed by atoms with Gasteiger partial charge in [0.15, 0.2) is 0 Å². The molecule has 4 rings (SSSR count). The molecule has 4 N–H and O–H groups in total. The zero-order valence-corrected chi connectivity index (χ0v) is 14.9. The van der Waals surface area contributed by atoms with Crippen LogP contribution in [-0.4, -0.2) is 34.9 Å². The topological polar surface area (TPSA) is 113 Å². The van der Waals surface area contributed by atoms with E-state index >= 15 is 0 Å². The molecule has 2 aromatic rings. The summed E-state index contributed by atoms with van der Waals surface area (Å²) in [6.45, 7) is 1.73. The van der Waals surface area contributed by atoms with Crippen molar-refractivity contribution in [2.45, 2.75) is 31.6 Å². The summed E-state index contributed by atoms with van der Waals surface area (Å²) < 4.78 is 0. The SMILES string of the molecule is Nc1nc(N2CCCCC2)nc2c1C(C(=O)Nc1ccccc1)CC(=O)N2. The average Bonchev–Trinajstić information content (AvgIpc) is 2.68. The van der Waals surface area contributed by atoms with Crippen LogP contribution < -0.4 is 21.3 Å². The van der Waals surface area contributed by atoms with E-state index in [9.17, 15) is 9.59 Å². The number of amides is 2. The Hall–Kier alpha value is -3.16. The summed E-state index contributed by atoms with van der Waals surface area (Å²) in [5, 5.41) is 5.59. The Kier molecular flexibility index (Phi) is 4.62. The summed E-state index contributed by atoms with van der Waals surface area (Å²) in [4.78, 5) is 36.0. The first kappa shape index (κ1) is 17.3. The number of rotatable bonds is 3. The molecule has 2 aliphatic heterocycles. The van der Waals surface area contributed by atoms with Gasteiger partial charge in [0, 0.05) is 25.2 Å². The molecule has 1 unspecified atom stereocenters. The molecule has 8 heteroatoms. The lowest BCUT2D eigenvalue weighted by Crippen LogP contribution is -2.35. The van der Waals surface area contributed by atoms with E-state index < -0.39 is 5.92 Å². The van der Waals surface area contributed by atoms with Gasteiger partial charge in [-0.05, 0) is 31.4 Å². The Bertz CT molecular complexity index is 864. The van der Waals surface area contributed by atoms with Gasteiger partial charge in [0.2, 0.25) is 17.8 Å². The quantitative estimate of drug-likeness (QED) is 0.767. The molecule has 0 bridgehead atoms. The number of hydrogen-bond acceptors (Lipinski definition) is 6. The predicted octanol–water partition coefficient (Wildman–Crippen LogP) is 2.11. The molecule has 27 heavy (non-hydrogen) atoms. The van der Waals surface area contributed by atoms with E-state index in [4.69, 9.17) is 5.73 Å². The minimum atomic E-state index is -0.718. The zero-order valence-electron chi connectivity index (χ0n) is 14.9. The molecular weight excluding hydrogens is 344 g/mol. The number of aromatic nitrogens is 2. The number of hydrogen-bond donors (Lipinski definition) is 3. The van der Waals surface area contributed by atoms with Crippen molar-refractivity contribution >= 4 is 35.1 Å². The summed E-state index contributed by atoms with van der Waals surface area (Å²) in [5.41, 5.74) is 7.36. The highest BCUT2D eigenvalue weighted by Gasteiger charge is 2.35. The Labute approximate surface area is 157 Å². The number of fused-ring (bicyclic) bond motifs is 1. The Morgan fingerprint density at radius 2 is 1.89 bits per heavy atom. The number of carbonyl (C=O) groups excluding carboxylic acids is 2. The predicted molar refractivity (Wildman–Crippen MR) is 104 cm³/mol. The van der Waals surface area contributed by atoms with E-state index in [1.807, 2.05) is 18.2 Å². The number of nitrogens with one attached hydrogen (secondary N) is 2. The number of piperidine rings is 1. The van der Waals surface area contributed by atoms with Gasteiger partial charge in [-0.15, -0.1) is 0 Å². The van der Waals surface area contributed by atoms with E-state index in [1.165, 1.54) is 6.42 Å². The first-order valence-corrected chi connectivity index (χ1v) is 9.20. The number of nitrogen functional groups attached to an aromatic ring is 1. The Morgan fingerprint density at radius 3 is 2.63 bits per heavy atom. The van der Waals surface area contributed by atoms with Crippen LogP contribution in [0.4, 0.5) is 23.3 Å². The summed E-state index contributed by atoms with van der Waals surface area (Å²) >= 11 is 0. The van der Waals surface area contributed by atoms with Crippen molar-refractivity contribution in [2.75, 3.05) is 34.4 Å². The van der Waals surface area contributed by atoms with Crippen LogP contribution in [0.3, 0.4) is 0 Å². The van der Waals surface area contributed by atoms with Crippen molar-refractivity contribution in [1.82, 2.24) is 9.97 Å². The van der Waals surface area contributed by atoms with Gasteiger partial charge in [0.1, 0.15) is 11.6 Å². The van der Waals surface area contributed by atoms with Crippen molar-refractivity contribution in [2.24, 2.45) is 0 Å². The zero-order chi connectivity index (χ0) is 18.8. The second kappa shape index (κ2) is 7.22. The maximum atomic E-state index is 12.8. The minimum Gasteiger partial charge on any atom is -0.383 e. The third kappa shape index (κ3) is 3.55. The monoisotopic (exact) mass is 366 g/mol. The molecule has 2 amide bonds. The second-order valence-electron chi connectivity index (χ2n) is 6.88. The van der Waals surface area contributed by atoms with Crippen LogP contribution in [-0.2, 0) is 9.59 Å². The highest BCUT2D eigenvalue weighted by Crippen LogP contribution is 2.36. The molecule has 0 spiro atoms. The number of benzene rings is 1. The average molecular weight is 366 g/mol.